The zero-order valence-electron chi connectivity index (χ0n) is 8.46. The largest absolute Gasteiger partial charge is 0.377 e. The summed E-state index contributed by atoms with van der Waals surface area (Å²) in [5, 5.41) is 0. The number of carbonyl (C=O) groups excluding carboxylic acids is 1. The highest BCUT2D eigenvalue weighted by Crippen LogP contribution is 1.89. The van der Waals surface area contributed by atoms with E-state index >= 15 is 0 Å². The molecule has 0 aliphatic heterocycles. The topological polar surface area (TPSA) is 29.5 Å². The molecule has 0 heterocycles. The molecule has 0 amide bonds. The van der Waals surface area contributed by atoms with Crippen LogP contribution in [0.2, 0.25) is 0 Å². The standard InChI is InChI=1S/C9H19NO2/c1-8(2)12-6-5-10(4)7-9(3)11/h8H,5-7H2,1-4H3. The van der Waals surface area contributed by atoms with E-state index in [4.69, 9.17) is 4.74 Å². The van der Waals surface area contributed by atoms with Gasteiger partial charge in [-0.25, -0.2) is 0 Å². The van der Waals surface area contributed by atoms with Crippen LogP contribution in [0.3, 0.4) is 0 Å². The predicted octanol–water partition coefficient (Wildman–Crippen LogP) is 0.932. The van der Waals surface area contributed by atoms with Crippen molar-refractivity contribution in [1.29, 1.82) is 0 Å². The van der Waals surface area contributed by atoms with E-state index in [2.05, 4.69) is 0 Å². The molecule has 0 aromatic carbocycles. The second kappa shape index (κ2) is 6.14. The van der Waals surface area contributed by atoms with Gasteiger partial charge in [0.2, 0.25) is 0 Å². The van der Waals surface area contributed by atoms with Crippen molar-refractivity contribution < 1.29 is 9.53 Å². The molecule has 0 saturated heterocycles. The molecule has 0 rings (SSSR count). The number of carbonyl (C=O) groups is 1. The third-order valence-electron chi connectivity index (χ3n) is 1.42. The Morgan fingerprint density at radius 1 is 1.50 bits per heavy atom. The summed E-state index contributed by atoms with van der Waals surface area (Å²) in [6, 6.07) is 0. The highest BCUT2D eigenvalue weighted by Gasteiger charge is 2.01. The van der Waals surface area contributed by atoms with Crippen molar-refractivity contribution >= 4 is 5.78 Å². The van der Waals surface area contributed by atoms with Gasteiger partial charge in [0.05, 0.1) is 19.3 Å². The molecular weight excluding hydrogens is 154 g/mol. The van der Waals surface area contributed by atoms with E-state index in [-0.39, 0.29) is 11.9 Å². The van der Waals surface area contributed by atoms with Crippen molar-refractivity contribution in [3.63, 3.8) is 0 Å². The molecular formula is C9H19NO2. The summed E-state index contributed by atoms with van der Waals surface area (Å²) in [5.74, 6) is 0.196. The molecule has 0 saturated carbocycles. The molecule has 0 N–H and O–H groups in total. The lowest BCUT2D eigenvalue weighted by Gasteiger charge is -2.15. The fourth-order valence-electron chi connectivity index (χ4n) is 0.903. The Bertz CT molecular complexity index is 134. The van der Waals surface area contributed by atoms with Crippen LogP contribution < -0.4 is 0 Å². The molecule has 12 heavy (non-hydrogen) atoms. The third-order valence-corrected chi connectivity index (χ3v) is 1.42. The Morgan fingerprint density at radius 3 is 2.50 bits per heavy atom. The molecule has 0 aromatic rings. The summed E-state index contributed by atoms with van der Waals surface area (Å²) in [4.78, 5) is 12.6. The van der Waals surface area contributed by atoms with Crippen molar-refractivity contribution in [2.75, 3.05) is 26.7 Å². The maximum atomic E-state index is 10.7. The lowest BCUT2D eigenvalue weighted by molar-refractivity contribution is -0.118. The van der Waals surface area contributed by atoms with Gasteiger partial charge in [0.25, 0.3) is 0 Å². The molecule has 0 atom stereocenters. The number of rotatable bonds is 6. The third kappa shape index (κ3) is 7.69. The summed E-state index contributed by atoms with van der Waals surface area (Å²) >= 11 is 0. The van der Waals surface area contributed by atoms with E-state index in [1.54, 1.807) is 6.92 Å². The summed E-state index contributed by atoms with van der Waals surface area (Å²) in [6.45, 7) is 7.64. The van der Waals surface area contributed by atoms with Crippen LogP contribution in [-0.2, 0) is 9.53 Å². The van der Waals surface area contributed by atoms with Crippen molar-refractivity contribution in [3.05, 3.63) is 0 Å². The molecule has 0 aliphatic carbocycles. The highest BCUT2D eigenvalue weighted by atomic mass is 16.5. The number of hydrogen-bond acceptors (Lipinski definition) is 3. The van der Waals surface area contributed by atoms with Gasteiger partial charge in [-0.05, 0) is 27.8 Å². The SMILES string of the molecule is CC(=O)CN(C)CCOC(C)C. The van der Waals surface area contributed by atoms with E-state index in [1.165, 1.54) is 0 Å². The molecule has 3 heteroatoms. The summed E-state index contributed by atoms with van der Waals surface area (Å²) < 4.78 is 5.34. The smallest absolute Gasteiger partial charge is 0.143 e. The van der Waals surface area contributed by atoms with Crippen molar-refractivity contribution in [1.82, 2.24) is 4.90 Å². The molecule has 0 unspecified atom stereocenters. The Morgan fingerprint density at radius 2 is 2.08 bits per heavy atom. The normalized spacial score (nSPS) is 11.2. The molecule has 0 bridgehead atoms. The lowest BCUT2D eigenvalue weighted by Crippen LogP contribution is -2.28. The van der Waals surface area contributed by atoms with Gasteiger partial charge < -0.3 is 4.74 Å². The fourth-order valence-corrected chi connectivity index (χ4v) is 0.903. The van der Waals surface area contributed by atoms with Crippen LogP contribution in [0.1, 0.15) is 20.8 Å². The van der Waals surface area contributed by atoms with Crippen LogP contribution >= 0.6 is 0 Å². The Balaban J connectivity index is 3.31. The summed E-state index contributed by atoms with van der Waals surface area (Å²) in [7, 11) is 1.92. The summed E-state index contributed by atoms with van der Waals surface area (Å²) in [6.07, 6.45) is 0.274. The van der Waals surface area contributed by atoms with Crippen molar-refractivity contribution in [2.24, 2.45) is 0 Å². The zero-order chi connectivity index (χ0) is 9.56. The van der Waals surface area contributed by atoms with Crippen molar-refractivity contribution in [3.8, 4) is 0 Å². The van der Waals surface area contributed by atoms with Gasteiger partial charge in [-0.1, -0.05) is 0 Å². The van der Waals surface area contributed by atoms with Crippen LogP contribution in [0, 0.1) is 0 Å². The van der Waals surface area contributed by atoms with Crippen LogP contribution in [0.4, 0.5) is 0 Å². The Labute approximate surface area is 74.7 Å². The lowest BCUT2D eigenvalue weighted by atomic mass is 10.4. The van der Waals surface area contributed by atoms with Crippen LogP contribution in [0.15, 0.2) is 0 Å². The van der Waals surface area contributed by atoms with E-state index in [0.717, 1.165) is 6.54 Å². The van der Waals surface area contributed by atoms with Crippen LogP contribution in [0.25, 0.3) is 0 Å². The first-order valence-corrected chi connectivity index (χ1v) is 4.32. The van der Waals surface area contributed by atoms with E-state index < -0.39 is 0 Å². The highest BCUT2D eigenvalue weighted by molar-refractivity contribution is 5.77. The molecule has 72 valence electrons. The van der Waals surface area contributed by atoms with Gasteiger partial charge in [0.1, 0.15) is 5.78 Å². The second-order valence-electron chi connectivity index (χ2n) is 3.36. The number of likely N-dealkylation sites (N-methyl/N-ethyl adjacent to an activating group) is 1. The average Bonchev–Trinajstić information content (AvgIpc) is 1.84. The number of hydrogen-bond donors (Lipinski definition) is 0. The van der Waals surface area contributed by atoms with Crippen molar-refractivity contribution in [2.45, 2.75) is 26.9 Å². The van der Waals surface area contributed by atoms with Gasteiger partial charge >= 0.3 is 0 Å². The first kappa shape index (κ1) is 11.6. The van der Waals surface area contributed by atoms with E-state index in [0.29, 0.717) is 13.2 Å². The maximum absolute atomic E-state index is 10.7. The number of nitrogens with zero attached hydrogens (tertiary/aromatic N) is 1. The monoisotopic (exact) mass is 173 g/mol. The molecule has 0 fully saturated rings. The fraction of sp³-hybridized carbons (Fsp3) is 0.889. The molecule has 0 radical (unpaired) electrons. The molecule has 0 spiro atoms. The Hall–Kier alpha value is -0.410. The summed E-state index contributed by atoms with van der Waals surface area (Å²) in [5.41, 5.74) is 0. The van der Waals surface area contributed by atoms with E-state index in [1.807, 2.05) is 25.8 Å². The minimum Gasteiger partial charge on any atom is -0.377 e. The number of ketones is 1. The van der Waals surface area contributed by atoms with Gasteiger partial charge in [-0.3, -0.25) is 9.69 Å². The molecule has 0 aromatic heterocycles. The number of ether oxygens (including phenoxy) is 1. The van der Waals surface area contributed by atoms with Gasteiger partial charge in [0.15, 0.2) is 0 Å². The molecule has 3 nitrogen and oxygen atoms in total. The minimum absolute atomic E-state index is 0.196. The van der Waals surface area contributed by atoms with Gasteiger partial charge in [-0.15, -0.1) is 0 Å². The van der Waals surface area contributed by atoms with Gasteiger partial charge in [0, 0.05) is 6.54 Å². The quantitative estimate of drug-likeness (QED) is 0.598. The van der Waals surface area contributed by atoms with Crippen LogP contribution in [0.5, 0.6) is 0 Å². The average molecular weight is 173 g/mol. The Kier molecular flexibility index (Phi) is 5.93. The second-order valence-corrected chi connectivity index (χ2v) is 3.36. The molecule has 0 aliphatic rings. The number of Topliss-reactive ketones (excluding diaryl/α,β-unsaturated/α-hetero) is 1. The predicted molar refractivity (Wildman–Crippen MR) is 49.3 cm³/mol. The minimum atomic E-state index is 0.196. The van der Waals surface area contributed by atoms with Gasteiger partial charge in [-0.2, -0.15) is 0 Å². The maximum Gasteiger partial charge on any atom is 0.143 e. The first-order chi connectivity index (χ1) is 5.52. The zero-order valence-corrected chi connectivity index (χ0v) is 8.46. The van der Waals surface area contributed by atoms with Crippen LogP contribution in [-0.4, -0.2) is 43.5 Å². The van der Waals surface area contributed by atoms with E-state index in [9.17, 15) is 4.79 Å². The first-order valence-electron chi connectivity index (χ1n) is 4.32.